The van der Waals surface area contributed by atoms with Gasteiger partial charge in [-0.05, 0) is 32.9 Å². The summed E-state index contributed by atoms with van der Waals surface area (Å²) in [6.07, 6.45) is 0. The number of rotatable bonds is 5. The van der Waals surface area contributed by atoms with Crippen LogP contribution in [0.5, 0.6) is 0 Å². The molecule has 102 valence electrons. The van der Waals surface area contributed by atoms with Crippen molar-refractivity contribution in [2.45, 2.75) is 32.0 Å². The standard InChI is InChI=1S/C12H15N3O2S2/c1-7(2)15-11(17)13-14-12(15)18-6-9(16)10-5-4-8(3)19-10/h4-5,7H,6H2,1-3H3,(H,13,17). The lowest BCUT2D eigenvalue weighted by Gasteiger charge is -2.07. The topological polar surface area (TPSA) is 67.8 Å². The van der Waals surface area contributed by atoms with E-state index < -0.39 is 0 Å². The van der Waals surface area contributed by atoms with E-state index in [-0.39, 0.29) is 23.3 Å². The maximum Gasteiger partial charge on any atom is 0.344 e. The van der Waals surface area contributed by atoms with Crippen LogP contribution in [0.4, 0.5) is 0 Å². The Kier molecular flexibility index (Phi) is 4.26. The molecule has 0 radical (unpaired) electrons. The van der Waals surface area contributed by atoms with Gasteiger partial charge in [0.1, 0.15) is 0 Å². The minimum Gasteiger partial charge on any atom is -0.292 e. The molecule has 5 nitrogen and oxygen atoms in total. The van der Waals surface area contributed by atoms with Gasteiger partial charge in [-0.15, -0.1) is 16.4 Å². The van der Waals surface area contributed by atoms with Crippen LogP contribution in [-0.4, -0.2) is 26.3 Å². The predicted molar refractivity (Wildman–Crippen MR) is 77.3 cm³/mol. The number of thiophene rings is 1. The number of thioether (sulfide) groups is 1. The van der Waals surface area contributed by atoms with Crippen molar-refractivity contribution < 1.29 is 4.79 Å². The first kappa shape index (κ1) is 14.1. The van der Waals surface area contributed by atoms with Crippen molar-refractivity contribution in [3.63, 3.8) is 0 Å². The molecule has 2 aromatic heterocycles. The summed E-state index contributed by atoms with van der Waals surface area (Å²) >= 11 is 2.77. The maximum atomic E-state index is 12.0. The highest BCUT2D eigenvalue weighted by atomic mass is 32.2. The van der Waals surface area contributed by atoms with Crippen LogP contribution < -0.4 is 5.69 Å². The number of nitrogens with one attached hydrogen (secondary N) is 1. The van der Waals surface area contributed by atoms with E-state index in [9.17, 15) is 9.59 Å². The molecule has 7 heteroatoms. The minimum atomic E-state index is -0.239. The number of ketones is 1. The van der Waals surface area contributed by atoms with E-state index in [2.05, 4.69) is 10.2 Å². The van der Waals surface area contributed by atoms with Crippen LogP contribution in [-0.2, 0) is 0 Å². The number of hydrogen-bond donors (Lipinski definition) is 1. The van der Waals surface area contributed by atoms with Crippen molar-refractivity contribution in [3.8, 4) is 0 Å². The molecule has 0 saturated heterocycles. The number of aromatic amines is 1. The van der Waals surface area contributed by atoms with Gasteiger partial charge >= 0.3 is 5.69 Å². The third kappa shape index (κ3) is 3.16. The van der Waals surface area contributed by atoms with Gasteiger partial charge in [0.05, 0.1) is 10.6 Å². The summed E-state index contributed by atoms with van der Waals surface area (Å²) in [6.45, 7) is 5.79. The molecule has 0 atom stereocenters. The largest absolute Gasteiger partial charge is 0.344 e. The Morgan fingerprint density at radius 2 is 2.26 bits per heavy atom. The molecule has 19 heavy (non-hydrogen) atoms. The first-order valence-corrected chi connectivity index (χ1v) is 7.68. The molecule has 0 bridgehead atoms. The average molecular weight is 297 g/mol. The van der Waals surface area contributed by atoms with Gasteiger partial charge in [-0.25, -0.2) is 9.89 Å². The van der Waals surface area contributed by atoms with Gasteiger partial charge in [0.15, 0.2) is 10.9 Å². The van der Waals surface area contributed by atoms with Crippen LogP contribution in [0.2, 0.25) is 0 Å². The monoisotopic (exact) mass is 297 g/mol. The Bertz CT molecular complexity index is 639. The second kappa shape index (κ2) is 5.75. The molecule has 0 spiro atoms. The van der Waals surface area contributed by atoms with E-state index in [1.165, 1.54) is 23.1 Å². The van der Waals surface area contributed by atoms with Gasteiger partial charge in [-0.2, -0.15) is 0 Å². The lowest BCUT2D eigenvalue weighted by Crippen LogP contribution is -2.19. The fourth-order valence-electron chi connectivity index (χ4n) is 1.63. The third-order valence-corrected chi connectivity index (χ3v) is 4.53. The summed E-state index contributed by atoms with van der Waals surface area (Å²) in [5, 5.41) is 6.92. The number of H-pyrrole nitrogens is 1. The Morgan fingerprint density at radius 1 is 1.53 bits per heavy atom. The quantitative estimate of drug-likeness (QED) is 0.680. The normalized spacial score (nSPS) is 11.2. The van der Waals surface area contributed by atoms with E-state index in [0.717, 1.165) is 9.75 Å². The van der Waals surface area contributed by atoms with Crippen LogP contribution >= 0.6 is 23.1 Å². The number of nitrogens with zero attached hydrogens (tertiary/aromatic N) is 2. The number of carbonyl (C=O) groups is 1. The molecule has 0 unspecified atom stereocenters. The summed E-state index contributed by atoms with van der Waals surface area (Å²) in [4.78, 5) is 25.4. The van der Waals surface area contributed by atoms with Gasteiger partial charge in [-0.1, -0.05) is 11.8 Å². The molecule has 0 amide bonds. The third-order valence-electron chi connectivity index (χ3n) is 2.54. The van der Waals surface area contributed by atoms with Crippen molar-refractivity contribution in [2.75, 3.05) is 5.75 Å². The summed E-state index contributed by atoms with van der Waals surface area (Å²) < 4.78 is 1.55. The first-order chi connectivity index (χ1) is 8.99. The van der Waals surface area contributed by atoms with Crippen molar-refractivity contribution in [2.24, 2.45) is 0 Å². The van der Waals surface area contributed by atoms with Gasteiger partial charge < -0.3 is 0 Å². The summed E-state index contributed by atoms with van der Waals surface area (Å²) in [6, 6.07) is 3.79. The Hall–Kier alpha value is -1.34. The van der Waals surface area contributed by atoms with Crippen LogP contribution in [0.25, 0.3) is 0 Å². The van der Waals surface area contributed by atoms with Crippen LogP contribution in [0, 0.1) is 6.92 Å². The molecular weight excluding hydrogens is 282 g/mol. The molecule has 0 aliphatic heterocycles. The van der Waals surface area contributed by atoms with Crippen molar-refractivity contribution in [3.05, 3.63) is 32.4 Å². The van der Waals surface area contributed by atoms with Crippen molar-refractivity contribution in [1.29, 1.82) is 0 Å². The van der Waals surface area contributed by atoms with Crippen molar-refractivity contribution >= 4 is 28.9 Å². The summed E-state index contributed by atoms with van der Waals surface area (Å²) in [7, 11) is 0. The number of carbonyl (C=O) groups excluding carboxylic acids is 1. The molecular formula is C12H15N3O2S2. The van der Waals surface area contributed by atoms with Crippen LogP contribution in [0.3, 0.4) is 0 Å². The summed E-state index contributed by atoms with van der Waals surface area (Å²) in [5.41, 5.74) is -0.239. The lowest BCUT2D eigenvalue weighted by molar-refractivity contribution is 0.102. The molecule has 1 N–H and O–H groups in total. The Balaban J connectivity index is 2.07. The predicted octanol–water partition coefficient (Wildman–Crippen LogP) is 2.50. The van der Waals surface area contributed by atoms with E-state index in [1.807, 2.05) is 32.9 Å². The molecule has 0 aliphatic rings. The molecule has 2 aromatic rings. The number of Topliss-reactive ketones (excluding diaryl/α,β-unsaturated/α-hetero) is 1. The number of aryl methyl sites for hydroxylation is 1. The first-order valence-electron chi connectivity index (χ1n) is 5.88. The second-order valence-corrected chi connectivity index (χ2v) is 6.63. The lowest BCUT2D eigenvalue weighted by atomic mass is 10.3. The Labute approximate surface area is 119 Å². The van der Waals surface area contributed by atoms with E-state index in [0.29, 0.717) is 5.16 Å². The highest BCUT2D eigenvalue weighted by molar-refractivity contribution is 7.99. The van der Waals surface area contributed by atoms with Gasteiger partial charge in [0.2, 0.25) is 0 Å². The van der Waals surface area contributed by atoms with E-state index in [4.69, 9.17) is 0 Å². The molecule has 0 saturated carbocycles. The van der Waals surface area contributed by atoms with Crippen LogP contribution in [0.1, 0.15) is 34.4 Å². The van der Waals surface area contributed by atoms with E-state index >= 15 is 0 Å². The smallest absolute Gasteiger partial charge is 0.292 e. The van der Waals surface area contributed by atoms with Crippen LogP contribution in [0.15, 0.2) is 22.1 Å². The highest BCUT2D eigenvalue weighted by Gasteiger charge is 2.15. The minimum absolute atomic E-state index is 0.0211. The fraction of sp³-hybridized carbons (Fsp3) is 0.417. The number of aromatic nitrogens is 3. The summed E-state index contributed by atoms with van der Waals surface area (Å²) in [5.74, 6) is 0.352. The fourth-order valence-corrected chi connectivity index (χ4v) is 3.49. The average Bonchev–Trinajstić information content (AvgIpc) is 2.92. The zero-order valence-corrected chi connectivity index (χ0v) is 12.6. The zero-order valence-electron chi connectivity index (χ0n) is 11.0. The van der Waals surface area contributed by atoms with E-state index in [1.54, 1.807) is 4.57 Å². The van der Waals surface area contributed by atoms with Crippen molar-refractivity contribution in [1.82, 2.24) is 14.8 Å². The molecule has 2 rings (SSSR count). The highest BCUT2D eigenvalue weighted by Crippen LogP contribution is 2.21. The number of hydrogen-bond acceptors (Lipinski definition) is 5. The Morgan fingerprint density at radius 3 is 2.84 bits per heavy atom. The SMILES string of the molecule is Cc1ccc(C(=O)CSc2n[nH]c(=O)n2C(C)C)s1. The van der Waals surface area contributed by atoms with Gasteiger partial charge in [0.25, 0.3) is 0 Å². The molecule has 0 aliphatic carbocycles. The van der Waals surface area contributed by atoms with Gasteiger partial charge in [0, 0.05) is 10.9 Å². The zero-order chi connectivity index (χ0) is 14.0. The van der Waals surface area contributed by atoms with Gasteiger partial charge in [-0.3, -0.25) is 9.36 Å². The molecule has 0 aromatic carbocycles. The maximum absolute atomic E-state index is 12.0. The molecule has 2 heterocycles. The second-order valence-electron chi connectivity index (χ2n) is 4.40. The molecule has 0 fully saturated rings.